The zero-order valence-corrected chi connectivity index (χ0v) is 9.12. The van der Waals surface area contributed by atoms with Gasteiger partial charge in [-0.15, -0.1) is 0 Å². The van der Waals surface area contributed by atoms with Gasteiger partial charge in [-0.05, 0) is 6.07 Å². The first-order chi connectivity index (χ1) is 7.91. The molecular weight excluding hydrogens is 252 g/mol. The van der Waals surface area contributed by atoms with Crippen LogP contribution in [0.5, 0.6) is 0 Å². The van der Waals surface area contributed by atoms with Gasteiger partial charge in [-0.2, -0.15) is 0 Å². The Bertz CT molecular complexity index is 665. The maximum atomic E-state index is 12.7. The van der Waals surface area contributed by atoms with Crippen LogP contribution in [0.1, 0.15) is 12.0 Å². The van der Waals surface area contributed by atoms with E-state index in [1.807, 2.05) is 0 Å². The van der Waals surface area contributed by atoms with Gasteiger partial charge in [0.05, 0.1) is 4.90 Å². The molecule has 0 aliphatic carbocycles. The molecule has 1 heterocycles. The maximum Gasteiger partial charge on any atom is 0.265 e. The molecule has 0 amide bonds. The molecule has 0 bridgehead atoms. The molecular formula is C10H6F2NO3S-. The highest BCUT2D eigenvalue weighted by Gasteiger charge is 2.17. The molecule has 0 saturated heterocycles. The van der Waals surface area contributed by atoms with Gasteiger partial charge in [0, 0.05) is 28.7 Å². The van der Waals surface area contributed by atoms with E-state index in [0.29, 0.717) is 0 Å². The topological polar surface area (TPSA) is 70.1 Å². The van der Waals surface area contributed by atoms with Crippen molar-refractivity contribution in [2.24, 2.45) is 0 Å². The molecule has 90 valence electrons. The Morgan fingerprint density at radius 2 is 1.94 bits per heavy atom. The highest BCUT2D eigenvalue weighted by Crippen LogP contribution is 2.31. The van der Waals surface area contributed by atoms with Crippen molar-refractivity contribution in [1.29, 1.82) is 0 Å². The van der Waals surface area contributed by atoms with Crippen molar-refractivity contribution in [3.63, 3.8) is 0 Å². The summed E-state index contributed by atoms with van der Waals surface area (Å²) in [5.41, 5.74) is -0.558. The van der Waals surface area contributed by atoms with Gasteiger partial charge in [0.25, 0.3) is 6.43 Å². The molecule has 4 nitrogen and oxygen atoms in total. The summed E-state index contributed by atoms with van der Waals surface area (Å²) in [7, 11) is -4.80. The zero-order valence-electron chi connectivity index (χ0n) is 8.30. The second-order valence-electron chi connectivity index (χ2n) is 3.34. The van der Waals surface area contributed by atoms with Gasteiger partial charge in [-0.25, -0.2) is 17.2 Å². The zero-order chi connectivity index (χ0) is 12.6. The summed E-state index contributed by atoms with van der Waals surface area (Å²) in [5, 5.41) is -0.0628. The monoisotopic (exact) mass is 258 g/mol. The molecule has 0 atom stereocenters. The molecule has 1 aromatic heterocycles. The van der Waals surface area contributed by atoms with Gasteiger partial charge < -0.3 is 4.55 Å². The fourth-order valence-electron chi connectivity index (χ4n) is 1.60. The molecule has 0 fully saturated rings. The van der Waals surface area contributed by atoms with Crippen molar-refractivity contribution >= 4 is 20.9 Å². The average molecular weight is 258 g/mol. The molecule has 17 heavy (non-hydrogen) atoms. The van der Waals surface area contributed by atoms with Crippen LogP contribution >= 0.6 is 0 Å². The van der Waals surface area contributed by atoms with E-state index in [-0.39, 0.29) is 10.8 Å². The second-order valence-corrected chi connectivity index (χ2v) is 4.69. The molecule has 0 saturated carbocycles. The van der Waals surface area contributed by atoms with Crippen LogP contribution in [0.4, 0.5) is 8.78 Å². The van der Waals surface area contributed by atoms with Crippen molar-refractivity contribution in [3.05, 3.63) is 36.2 Å². The largest absolute Gasteiger partial charge is 0.744 e. The Labute approximate surface area is 95.7 Å². The number of benzene rings is 1. The molecule has 0 radical (unpaired) electrons. The van der Waals surface area contributed by atoms with E-state index in [1.54, 1.807) is 0 Å². The summed E-state index contributed by atoms with van der Waals surface area (Å²) < 4.78 is 58.5. The van der Waals surface area contributed by atoms with Crippen molar-refractivity contribution in [2.75, 3.05) is 0 Å². The Morgan fingerprint density at radius 3 is 2.53 bits per heavy atom. The van der Waals surface area contributed by atoms with E-state index in [1.165, 1.54) is 18.3 Å². The molecule has 0 N–H and O–H groups in total. The van der Waals surface area contributed by atoms with Gasteiger partial charge in [-0.1, -0.05) is 12.1 Å². The third-order valence-corrected chi connectivity index (χ3v) is 3.16. The predicted molar refractivity (Wildman–Crippen MR) is 54.7 cm³/mol. The number of fused-ring (bicyclic) bond motifs is 1. The number of hydrogen-bond donors (Lipinski definition) is 0. The number of pyridine rings is 1. The van der Waals surface area contributed by atoms with Crippen molar-refractivity contribution in [1.82, 2.24) is 4.98 Å². The Morgan fingerprint density at radius 1 is 1.24 bits per heavy atom. The fourth-order valence-corrected chi connectivity index (χ4v) is 2.33. The summed E-state index contributed by atoms with van der Waals surface area (Å²) in [5.74, 6) is 0. The number of halogens is 2. The number of nitrogens with zero attached hydrogens (tertiary/aromatic N) is 1. The summed E-state index contributed by atoms with van der Waals surface area (Å²) in [4.78, 5) is 2.93. The Hall–Kier alpha value is -1.60. The summed E-state index contributed by atoms with van der Waals surface area (Å²) in [6.45, 7) is 0. The number of rotatable bonds is 2. The molecule has 0 aliphatic heterocycles. The molecule has 1 aromatic carbocycles. The van der Waals surface area contributed by atoms with E-state index < -0.39 is 27.0 Å². The van der Waals surface area contributed by atoms with Gasteiger partial charge in [0.1, 0.15) is 10.1 Å². The highest BCUT2D eigenvalue weighted by molar-refractivity contribution is 7.86. The third-order valence-electron chi connectivity index (χ3n) is 2.28. The quantitative estimate of drug-likeness (QED) is 0.773. The lowest BCUT2D eigenvalue weighted by Crippen LogP contribution is -2.02. The smallest absolute Gasteiger partial charge is 0.265 e. The third kappa shape index (κ3) is 2.11. The maximum absolute atomic E-state index is 12.7. The van der Waals surface area contributed by atoms with E-state index in [2.05, 4.69) is 4.98 Å². The predicted octanol–water partition coefficient (Wildman–Crippen LogP) is 2.08. The fraction of sp³-hybridized carbons (Fsp3) is 0.100. The van der Waals surface area contributed by atoms with Crippen molar-refractivity contribution < 1.29 is 21.8 Å². The van der Waals surface area contributed by atoms with Crippen LogP contribution in [0.15, 0.2) is 35.5 Å². The van der Waals surface area contributed by atoms with Gasteiger partial charge in [0.2, 0.25) is 0 Å². The van der Waals surface area contributed by atoms with Gasteiger partial charge in [-0.3, -0.25) is 4.98 Å². The first-order valence-corrected chi connectivity index (χ1v) is 5.93. The molecule has 2 rings (SSSR count). The standard InChI is InChI=1S/C10H7F2NO3S/c11-10(12)7-5-13-4-6-2-1-3-8(9(6)7)17(14,15)16/h1-5,10H,(H,14,15,16)/p-1. The molecule has 2 aromatic rings. The normalized spacial score (nSPS) is 12.2. The lowest BCUT2D eigenvalue weighted by molar-refractivity contribution is 0.152. The van der Waals surface area contributed by atoms with Crippen LogP contribution in [0, 0.1) is 0 Å². The van der Waals surface area contributed by atoms with Crippen LogP contribution in [-0.2, 0) is 10.1 Å². The lowest BCUT2D eigenvalue weighted by Gasteiger charge is -2.13. The van der Waals surface area contributed by atoms with E-state index in [9.17, 15) is 21.8 Å². The number of alkyl halides is 2. The van der Waals surface area contributed by atoms with Gasteiger partial charge in [0.15, 0.2) is 0 Å². The highest BCUT2D eigenvalue weighted by atomic mass is 32.2. The van der Waals surface area contributed by atoms with Crippen LogP contribution in [0.2, 0.25) is 0 Å². The number of hydrogen-bond acceptors (Lipinski definition) is 4. The Kier molecular flexibility index (Phi) is 2.80. The average Bonchev–Trinajstić information content (AvgIpc) is 2.26. The van der Waals surface area contributed by atoms with Crippen molar-refractivity contribution in [3.8, 4) is 0 Å². The summed E-state index contributed by atoms with van der Waals surface area (Å²) in [6, 6.07) is 3.74. The molecule has 0 aliphatic rings. The van der Waals surface area contributed by atoms with E-state index in [4.69, 9.17) is 0 Å². The van der Waals surface area contributed by atoms with Crippen LogP contribution in [0.3, 0.4) is 0 Å². The minimum Gasteiger partial charge on any atom is -0.744 e. The molecule has 0 unspecified atom stereocenters. The lowest BCUT2D eigenvalue weighted by atomic mass is 10.1. The first-order valence-electron chi connectivity index (χ1n) is 4.52. The van der Waals surface area contributed by atoms with Crippen molar-refractivity contribution in [2.45, 2.75) is 11.3 Å². The van der Waals surface area contributed by atoms with Crippen LogP contribution in [0.25, 0.3) is 10.8 Å². The molecule has 0 spiro atoms. The minimum atomic E-state index is -4.80. The second kappa shape index (κ2) is 4.01. The van der Waals surface area contributed by atoms with Crippen LogP contribution < -0.4 is 0 Å². The van der Waals surface area contributed by atoms with E-state index >= 15 is 0 Å². The minimum absolute atomic E-state index is 0.194. The van der Waals surface area contributed by atoms with Crippen LogP contribution in [-0.4, -0.2) is 18.0 Å². The number of aromatic nitrogens is 1. The first kappa shape index (κ1) is 11.9. The summed E-state index contributed by atoms with van der Waals surface area (Å²) in [6.07, 6.45) is -0.800. The van der Waals surface area contributed by atoms with E-state index in [0.717, 1.165) is 12.3 Å². The molecule has 7 heteroatoms. The summed E-state index contributed by atoms with van der Waals surface area (Å²) >= 11 is 0. The Balaban J connectivity index is 2.96. The SMILES string of the molecule is O=S(=O)([O-])c1cccc2cncc(C(F)F)c12. The van der Waals surface area contributed by atoms with Gasteiger partial charge >= 0.3 is 0 Å².